The highest BCUT2D eigenvalue weighted by molar-refractivity contribution is 5.84. The van der Waals surface area contributed by atoms with E-state index in [0.717, 1.165) is 44.8 Å². The van der Waals surface area contributed by atoms with Crippen molar-refractivity contribution in [1.29, 1.82) is 0 Å². The predicted molar refractivity (Wildman–Crippen MR) is 85.6 cm³/mol. The van der Waals surface area contributed by atoms with E-state index in [1.807, 2.05) is 11.9 Å². The van der Waals surface area contributed by atoms with Gasteiger partial charge >= 0.3 is 0 Å². The fourth-order valence-corrected chi connectivity index (χ4v) is 4.36. The summed E-state index contributed by atoms with van der Waals surface area (Å²) in [6.45, 7) is 4.31. The minimum absolute atomic E-state index is 0.0256. The van der Waals surface area contributed by atoms with Crippen LogP contribution in [-0.4, -0.2) is 60.5 Å². The minimum Gasteiger partial charge on any atom is -0.483 e. The molecule has 5 heteroatoms. The van der Waals surface area contributed by atoms with Crippen LogP contribution in [-0.2, 0) is 9.59 Å². The molecule has 3 aliphatic rings. The van der Waals surface area contributed by atoms with Gasteiger partial charge in [-0.25, -0.2) is 0 Å². The molecule has 0 aromatic rings. The van der Waals surface area contributed by atoms with Crippen molar-refractivity contribution >= 4 is 12.4 Å². The van der Waals surface area contributed by atoms with Crippen molar-refractivity contribution in [3.05, 3.63) is 0 Å². The monoisotopic (exact) mass is 310 g/mol. The van der Waals surface area contributed by atoms with Gasteiger partial charge in [0.25, 0.3) is 6.47 Å². The van der Waals surface area contributed by atoms with Gasteiger partial charge in [0.05, 0.1) is 5.41 Å². The fourth-order valence-electron chi connectivity index (χ4n) is 4.36. The number of hydrogen-bond donors (Lipinski definition) is 1. The lowest BCUT2D eigenvalue weighted by molar-refractivity contribution is -0.137. The molecule has 126 valence electrons. The third-order valence-corrected chi connectivity index (χ3v) is 5.78. The van der Waals surface area contributed by atoms with E-state index >= 15 is 0 Å². The lowest BCUT2D eigenvalue weighted by atomic mass is 9.76. The van der Waals surface area contributed by atoms with Crippen molar-refractivity contribution in [2.75, 3.05) is 33.2 Å². The largest absolute Gasteiger partial charge is 0.483 e. The van der Waals surface area contributed by atoms with Crippen molar-refractivity contribution in [3.8, 4) is 0 Å². The molecular weight excluding hydrogens is 280 g/mol. The first-order valence-electron chi connectivity index (χ1n) is 8.67. The Morgan fingerprint density at radius 3 is 2.18 bits per heavy atom. The number of hydrogen-bond acceptors (Lipinski definition) is 3. The Bertz CT molecular complexity index is 372. The van der Waals surface area contributed by atoms with Crippen molar-refractivity contribution in [2.24, 2.45) is 11.3 Å². The Labute approximate surface area is 133 Å². The van der Waals surface area contributed by atoms with E-state index in [4.69, 9.17) is 9.90 Å². The summed E-state index contributed by atoms with van der Waals surface area (Å²) in [6.07, 6.45) is 10.5. The Balaban J connectivity index is 0.000000545. The van der Waals surface area contributed by atoms with Crippen LogP contribution in [0.1, 0.15) is 51.4 Å². The number of piperidine rings is 1. The zero-order valence-electron chi connectivity index (χ0n) is 13.8. The van der Waals surface area contributed by atoms with Gasteiger partial charge in [-0.1, -0.05) is 19.3 Å². The molecule has 0 aromatic heterocycles. The molecular formula is C17H30N2O3. The quantitative estimate of drug-likeness (QED) is 0.794. The van der Waals surface area contributed by atoms with Gasteiger partial charge in [-0.15, -0.1) is 0 Å². The molecule has 2 heterocycles. The molecule has 3 fully saturated rings. The highest BCUT2D eigenvalue weighted by Crippen LogP contribution is 2.41. The summed E-state index contributed by atoms with van der Waals surface area (Å²) in [5.41, 5.74) is 0.0256. The molecule has 5 nitrogen and oxygen atoms in total. The number of carbonyl (C=O) groups excluding carboxylic acids is 1. The van der Waals surface area contributed by atoms with Crippen LogP contribution in [0.15, 0.2) is 0 Å². The summed E-state index contributed by atoms with van der Waals surface area (Å²) in [4.78, 5) is 25.2. The molecule has 22 heavy (non-hydrogen) atoms. The van der Waals surface area contributed by atoms with Crippen molar-refractivity contribution in [3.63, 3.8) is 0 Å². The second-order valence-corrected chi connectivity index (χ2v) is 7.17. The molecule has 1 aliphatic carbocycles. The van der Waals surface area contributed by atoms with Crippen LogP contribution in [0.3, 0.4) is 0 Å². The molecule has 1 amide bonds. The Kier molecular flexibility index (Phi) is 6.24. The Hall–Kier alpha value is -1.10. The Morgan fingerprint density at radius 1 is 1.14 bits per heavy atom. The fraction of sp³-hybridized carbons (Fsp3) is 0.882. The highest BCUT2D eigenvalue weighted by Gasteiger charge is 2.46. The van der Waals surface area contributed by atoms with Gasteiger partial charge in [0.1, 0.15) is 0 Å². The summed E-state index contributed by atoms with van der Waals surface area (Å²) in [7, 11) is 1.96. The summed E-state index contributed by atoms with van der Waals surface area (Å²) >= 11 is 0. The molecule has 3 rings (SSSR count). The number of nitrogens with zero attached hydrogens (tertiary/aromatic N) is 2. The van der Waals surface area contributed by atoms with Gasteiger partial charge in [0.15, 0.2) is 0 Å². The first kappa shape index (κ1) is 17.3. The number of likely N-dealkylation sites (tertiary alicyclic amines) is 2. The second kappa shape index (κ2) is 7.95. The summed E-state index contributed by atoms with van der Waals surface area (Å²) in [5.74, 6) is 1.36. The molecule has 0 bridgehead atoms. The molecule has 0 unspecified atom stereocenters. The predicted octanol–water partition coefficient (Wildman–Crippen LogP) is 2.21. The zero-order chi connectivity index (χ0) is 16.0. The lowest BCUT2D eigenvalue weighted by Gasteiger charge is -2.39. The summed E-state index contributed by atoms with van der Waals surface area (Å²) in [5, 5.41) is 6.89. The van der Waals surface area contributed by atoms with Crippen LogP contribution in [0.5, 0.6) is 0 Å². The maximum Gasteiger partial charge on any atom is 0.290 e. The van der Waals surface area contributed by atoms with Crippen LogP contribution in [0.25, 0.3) is 0 Å². The third-order valence-electron chi connectivity index (χ3n) is 5.78. The van der Waals surface area contributed by atoms with Crippen molar-refractivity contribution < 1.29 is 14.7 Å². The standard InChI is InChI=1S/C16H28N2O.CH2O2/c1-17-10-7-16(15(17)19)8-11-18(12-9-16)13-14-5-3-2-4-6-14;2-1-3/h14H,2-13H2,1H3;1H,(H,2,3). The zero-order valence-corrected chi connectivity index (χ0v) is 13.8. The highest BCUT2D eigenvalue weighted by atomic mass is 16.3. The Morgan fingerprint density at radius 2 is 1.68 bits per heavy atom. The first-order chi connectivity index (χ1) is 10.6. The summed E-state index contributed by atoms with van der Waals surface area (Å²) in [6, 6.07) is 0. The average Bonchev–Trinajstić information content (AvgIpc) is 2.81. The van der Waals surface area contributed by atoms with Gasteiger partial charge in [-0.05, 0) is 51.1 Å². The lowest BCUT2D eigenvalue weighted by Crippen LogP contribution is -2.45. The third kappa shape index (κ3) is 4.00. The average molecular weight is 310 g/mol. The maximum absolute atomic E-state index is 12.3. The molecule has 0 atom stereocenters. The topological polar surface area (TPSA) is 60.9 Å². The number of carbonyl (C=O) groups is 2. The molecule has 0 radical (unpaired) electrons. The SMILES string of the molecule is CN1CCC2(CCN(CC3CCCCC3)CC2)C1=O.O=CO. The van der Waals surface area contributed by atoms with Gasteiger partial charge < -0.3 is 14.9 Å². The molecule has 2 saturated heterocycles. The van der Waals surface area contributed by atoms with E-state index in [9.17, 15) is 4.79 Å². The second-order valence-electron chi connectivity index (χ2n) is 7.17. The molecule has 1 N–H and O–H groups in total. The molecule has 2 aliphatic heterocycles. The number of rotatable bonds is 2. The number of amides is 1. The van der Waals surface area contributed by atoms with E-state index in [2.05, 4.69) is 4.90 Å². The van der Waals surface area contributed by atoms with E-state index in [1.54, 1.807) is 0 Å². The van der Waals surface area contributed by atoms with Crippen molar-refractivity contribution in [1.82, 2.24) is 9.80 Å². The van der Waals surface area contributed by atoms with E-state index in [-0.39, 0.29) is 11.9 Å². The van der Waals surface area contributed by atoms with Crippen LogP contribution in [0, 0.1) is 11.3 Å². The van der Waals surface area contributed by atoms with E-state index in [0.29, 0.717) is 5.91 Å². The molecule has 0 aromatic carbocycles. The van der Waals surface area contributed by atoms with Gasteiger partial charge in [-0.2, -0.15) is 0 Å². The number of carboxylic acid groups (broad SMARTS) is 1. The van der Waals surface area contributed by atoms with Gasteiger partial charge in [-0.3, -0.25) is 9.59 Å². The van der Waals surface area contributed by atoms with Crippen LogP contribution < -0.4 is 0 Å². The minimum atomic E-state index is -0.250. The maximum atomic E-state index is 12.3. The summed E-state index contributed by atoms with van der Waals surface area (Å²) < 4.78 is 0. The van der Waals surface area contributed by atoms with Crippen LogP contribution >= 0.6 is 0 Å². The van der Waals surface area contributed by atoms with Crippen LogP contribution in [0.4, 0.5) is 0 Å². The van der Waals surface area contributed by atoms with Gasteiger partial charge in [0.2, 0.25) is 5.91 Å². The normalized spacial score (nSPS) is 25.9. The van der Waals surface area contributed by atoms with Crippen LogP contribution in [0.2, 0.25) is 0 Å². The van der Waals surface area contributed by atoms with Crippen molar-refractivity contribution in [2.45, 2.75) is 51.4 Å². The molecule has 1 spiro atoms. The van der Waals surface area contributed by atoms with E-state index < -0.39 is 0 Å². The van der Waals surface area contributed by atoms with E-state index in [1.165, 1.54) is 38.6 Å². The first-order valence-corrected chi connectivity index (χ1v) is 8.67. The van der Waals surface area contributed by atoms with Gasteiger partial charge in [0, 0.05) is 20.1 Å². The smallest absolute Gasteiger partial charge is 0.290 e. The molecule has 1 saturated carbocycles.